The Balaban J connectivity index is 1.77. The first-order chi connectivity index (χ1) is 11.3. The summed E-state index contributed by atoms with van der Waals surface area (Å²) in [7, 11) is 1.73. The summed E-state index contributed by atoms with van der Waals surface area (Å²) in [4.78, 5) is 8.43. The molecule has 1 aliphatic heterocycles. The SMILES string of the molecule is CCNC(=NCc1cccs1)N1CCC(OCCCOC)CC1. The lowest BCUT2D eigenvalue weighted by Crippen LogP contribution is -2.47. The number of piperidine rings is 1. The Hall–Kier alpha value is -1.11. The van der Waals surface area contributed by atoms with Crippen LogP contribution in [0.5, 0.6) is 0 Å². The third-order valence-electron chi connectivity index (χ3n) is 3.89. The van der Waals surface area contributed by atoms with Crippen LogP contribution in [0.2, 0.25) is 0 Å². The van der Waals surface area contributed by atoms with E-state index < -0.39 is 0 Å². The van der Waals surface area contributed by atoms with Crippen LogP contribution in [0.15, 0.2) is 22.5 Å². The van der Waals surface area contributed by atoms with Crippen molar-refractivity contribution in [3.63, 3.8) is 0 Å². The number of nitrogens with one attached hydrogen (secondary N) is 1. The number of ether oxygens (including phenoxy) is 2. The number of likely N-dealkylation sites (tertiary alicyclic amines) is 1. The van der Waals surface area contributed by atoms with Crippen molar-refractivity contribution in [3.8, 4) is 0 Å². The maximum absolute atomic E-state index is 5.93. The number of hydrogen-bond donors (Lipinski definition) is 1. The van der Waals surface area contributed by atoms with Gasteiger partial charge in [0.05, 0.1) is 12.6 Å². The van der Waals surface area contributed by atoms with Crippen LogP contribution in [0.3, 0.4) is 0 Å². The van der Waals surface area contributed by atoms with Crippen molar-refractivity contribution in [2.75, 3.05) is 40.0 Å². The molecule has 1 aromatic heterocycles. The first-order valence-electron chi connectivity index (χ1n) is 8.49. The van der Waals surface area contributed by atoms with Crippen LogP contribution in [-0.2, 0) is 16.0 Å². The molecule has 0 atom stereocenters. The van der Waals surface area contributed by atoms with Crippen molar-refractivity contribution < 1.29 is 9.47 Å². The van der Waals surface area contributed by atoms with Gasteiger partial charge in [-0.25, -0.2) is 4.99 Å². The second-order valence-corrected chi connectivity index (χ2v) is 6.69. The summed E-state index contributed by atoms with van der Waals surface area (Å²) in [6.45, 7) is 7.36. The minimum Gasteiger partial charge on any atom is -0.385 e. The monoisotopic (exact) mass is 339 g/mol. The molecule has 0 bridgehead atoms. The number of nitrogens with zero attached hydrogens (tertiary/aromatic N) is 2. The van der Waals surface area contributed by atoms with Crippen molar-refractivity contribution >= 4 is 17.3 Å². The van der Waals surface area contributed by atoms with E-state index in [2.05, 4.69) is 34.7 Å². The summed E-state index contributed by atoms with van der Waals surface area (Å²) < 4.78 is 11.0. The second-order valence-electron chi connectivity index (χ2n) is 5.65. The standard InChI is InChI=1S/C17H29N3O2S/c1-3-18-17(19-14-16-6-4-13-23-16)20-9-7-15(8-10-20)22-12-5-11-21-2/h4,6,13,15H,3,5,7-12,14H2,1-2H3,(H,18,19). The zero-order valence-corrected chi connectivity index (χ0v) is 15.1. The highest BCUT2D eigenvalue weighted by atomic mass is 32.1. The minimum absolute atomic E-state index is 0.378. The van der Waals surface area contributed by atoms with E-state index >= 15 is 0 Å². The molecule has 0 spiro atoms. The van der Waals surface area contributed by atoms with Gasteiger partial charge in [0, 0.05) is 44.8 Å². The highest BCUT2D eigenvalue weighted by Gasteiger charge is 2.21. The van der Waals surface area contributed by atoms with Crippen LogP contribution in [0.25, 0.3) is 0 Å². The van der Waals surface area contributed by atoms with Crippen molar-refractivity contribution in [1.82, 2.24) is 10.2 Å². The van der Waals surface area contributed by atoms with E-state index in [1.54, 1.807) is 18.4 Å². The van der Waals surface area contributed by atoms with E-state index in [0.717, 1.165) is 64.6 Å². The molecule has 1 saturated heterocycles. The van der Waals surface area contributed by atoms with Gasteiger partial charge >= 0.3 is 0 Å². The first kappa shape index (κ1) is 18.2. The van der Waals surface area contributed by atoms with Gasteiger partial charge in [-0.3, -0.25) is 0 Å². The molecule has 5 nitrogen and oxygen atoms in total. The maximum Gasteiger partial charge on any atom is 0.194 e. The fraction of sp³-hybridized carbons (Fsp3) is 0.706. The van der Waals surface area contributed by atoms with E-state index in [4.69, 9.17) is 14.5 Å². The van der Waals surface area contributed by atoms with Gasteiger partial charge in [-0.15, -0.1) is 11.3 Å². The lowest BCUT2D eigenvalue weighted by atomic mass is 10.1. The molecule has 1 aliphatic rings. The molecular weight excluding hydrogens is 310 g/mol. The lowest BCUT2D eigenvalue weighted by molar-refractivity contribution is 0.00990. The number of rotatable bonds is 8. The van der Waals surface area contributed by atoms with Gasteiger partial charge in [-0.05, 0) is 37.6 Å². The van der Waals surface area contributed by atoms with E-state index in [-0.39, 0.29) is 0 Å². The highest BCUT2D eigenvalue weighted by Crippen LogP contribution is 2.15. The van der Waals surface area contributed by atoms with Gasteiger partial charge in [0.15, 0.2) is 5.96 Å². The van der Waals surface area contributed by atoms with Gasteiger partial charge in [0.1, 0.15) is 0 Å². The van der Waals surface area contributed by atoms with Gasteiger partial charge in [-0.2, -0.15) is 0 Å². The van der Waals surface area contributed by atoms with Gasteiger partial charge < -0.3 is 19.7 Å². The average Bonchev–Trinajstić information content (AvgIpc) is 3.10. The smallest absolute Gasteiger partial charge is 0.194 e. The average molecular weight is 340 g/mol. The summed E-state index contributed by atoms with van der Waals surface area (Å²) in [5.41, 5.74) is 0. The number of thiophene rings is 1. The Morgan fingerprint density at radius 3 is 2.87 bits per heavy atom. The molecule has 1 N–H and O–H groups in total. The first-order valence-corrected chi connectivity index (χ1v) is 9.37. The third-order valence-corrected chi connectivity index (χ3v) is 4.75. The zero-order valence-electron chi connectivity index (χ0n) is 14.3. The minimum atomic E-state index is 0.378. The zero-order chi connectivity index (χ0) is 16.3. The van der Waals surface area contributed by atoms with E-state index in [9.17, 15) is 0 Å². The molecule has 6 heteroatoms. The van der Waals surface area contributed by atoms with Crippen LogP contribution >= 0.6 is 11.3 Å². The molecule has 0 amide bonds. The van der Waals surface area contributed by atoms with Gasteiger partial charge in [-0.1, -0.05) is 6.07 Å². The lowest BCUT2D eigenvalue weighted by Gasteiger charge is -2.34. The molecule has 23 heavy (non-hydrogen) atoms. The number of hydrogen-bond acceptors (Lipinski definition) is 4. The summed E-state index contributed by atoms with van der Waals surface area (Å²) in [6, 6.07) is 4.21. The molecule has 1 aromatic rings. The maximum atomic E-state index is 5.93. The van der Waals surface area contributed by atoms with Crippen LogP contribution < -0.4 is 5.32 Å². The third kappa shape index (κ3) is 6.49. The second kappa shape index (κ2) is 10.6. The highest BCUT2D eigenvalue weighted by molar-refractivity contribution is 7.09. The van der Waals surface area contributed by atoms with E-state index in [1.807, 2.05) is 0 Å². The van der Waals surface area contributed by atoms with Crippen molar-refractivity contribution in [2.45, 2.75) is 38.8 Å². The Bertz CT molecular complexity index is 443. The van der Waals surface area contributed by atoms with Crippen LogP contribution in [0.1, 0.15) is 31.1 Å². The molecule has 0 unspecified atom stereocenters. The Morgan fingerprint density at radius 1 is 1.39 bits per heavy atom. The molecule has 2 heterocycles. The summed E-state index contributed by atoms with van der Waals surface area (Å²) >= 11 is 1.76. The Morgan fingerprint density at radius 2 is 2.22 bits per heavy atom. The molecular formula is C17H29N3O2S. The van der Waals surface area contributed by atoms with E-state index in [0.29, 0.717) is 6.10 Å². The van der Waals surface area contributed by atoms with Crippen molar-refractivity contribution in [3.05, 3.63) is 22.4 Å². The topological polar surface area (TPSA) is 46.1 Å². The van der Waals surface area contributed by atoms with Crippen LogP contribution in [-0.4, -0.2) is 56.9 Å². The normalized spacial score (nSPS) is 16.8. The molecule has 0 saturated carbocycles. The number of aliphatic imine (C=N–C) groups is 1. The molecule has 0 aromatic carbocycles. The summed E-state index contributed by atoms with van der Waals surface area (Å²) in [5.74, 6) is 1.03. The quantitative estimate of drug-likeness (QED) is 0.449. The Labute approximate surface area is 143 Å². The van der Waals surface area contributed by atoms with Crippen molar-refractivity contribution in [1.29, 1.82) is 0 Å². The molecule has 0 radical (unpaired) electrons. The van der Waals surface area contributed by atoms with Crippen molar-refractivity contribution in [2.24, 2.45) is 4.99 Å². The molecule has 0 aliphatic carbocycles. The van der Waals surface area contributed by atoms with E-state index in [1.165, 1.54) is 4.88 Å². The predicted molar refractivity (Wildman–Crippen MR) is 96.2 cm³/mol. The largest absolute Gasteiger partial charge is 0.385 e. The molecule has 130 valence electrons. The predicted octanol–water partition coefficient (Wildman–Crippen LogP) is 2.73. The molecule has 2 rings (SSSR count). The fourth-order valence-corrected chi connectivity index (χ4v) is 3.30. The summed E-state index contributed by atoms with van der Waals surface area (Å²) in [6.07, 6.45) is 3.48. The van der Waals surface area contributed by atoms with Gasteiger partial charge in [0.2, 0.25) is 0 Å². The molecule has 1 fully saturated rings. The van der Waals surface area contributed by atoms with Crippen LogP contribution in [0.4, 0.5) is 0 Å². The fourth-order valence-electron chi connectivity index (χ4n) is 2.67. The Kier molecular flexibility index (Phi) is 8.42. The van der Waals surface area contributed by atoms with Gasteiger partial charge in [0.25, 0.3) is 0 Å². The van der Waals surface area contributed by atoms with Crippen LogP contribution in [0, 0.1) is 0 Å². The number of guanidine groups is 1. The number of methoxy groups -OCH3 is 1. The summed E-state index contributed by atoms with van der Waals surface area (Å²) in [5, 5.41) is 5.51.